The number of carbonyl (C=O) groups excluding carboxylic acids is 4. The molecule has 4 N–H and O–H groups in total. The number of hydrogen-bond acceptors (Lipinski definition) is 8. The second-order valence-corrected chi connectivity index (χ2v) is 15.3. The van der Waals surface area contributed by atoms with E-state index in [9.17, 15) is 71.9 Å². The minimum atomic E-state index is -5.98. The fraction of sp³-hybridized carbons (Fsp3) is 0.463. The van der Waals surface area contributed by atoms with Crippen LogP contribution in [0, 0.1) is 11.8 Å². The molecule has 0 radical (unpaired) electrons. The molecule has 4 unspecified atom stereocenters. The summed E-state index contributed by atoms with van der Waals surface area (Å²) in [6.07, 6.45) is -24.1. The summed E-state index contributed by atoms with van der Waals surface area (Å²) in [7, 11) is 1.42. The number of aromatic nitrogens is 4. The molecule has 4 atom stereocenters. The van der Waals surface area contributed by atoms with Gasteiger partial charge in [0.2, 0.25) is 11.8 Å². The number of alkyl carbamates (subject to hydrolysis) is 2. The van der Waals surface area contributed by atoms with Gasteiger partial charge in [-0.2, -0.15) is 52.7 Å². The second-order valence-electron chi connectivity index (χ2n) is 15.3. The molecule has 1 saturated heterocycles. The lowest BCUT2D eigenvalue weighted by molar-refractivity contribution is -0.291. The number of halogens is 12. The number of alkyl halides is 12. The molecule has 1 aliphatic rings. The van der Waals surface area contributed by atoms with Crippen molar-refractivity contribution in [3.63, 3.8) is 0 Å². The van der Waals surface area contributed by atoms with E-state index in [0.29, 0.717) is 47.9 Å². The molecule has 4 aromatic rings. The number of methoxy groups -OCH3 is 2. The van der Waals surface area contributed by atoms with Crippen molar-refractivity contribution in [3.05, 3.63) is 72.6 Å². The van der Waals surface area contributed by atoms with E-state index in [-0.39, 0.29) is 44.0 Å². The highest BCUT2D eigenvalue weighted by molar-refractivity contribution is 5.87. The number of benzene rings is 2. The van der Waals surface area contributed by atoms with Gasteiger partial charge in [0.25, 0.3) is 0 Å². The van der Waals surface area contributed by atoms with Gasteiger partial charge in [0, 0.05) is 13.1 Å². The maximum atomic E-state index is 13.8. The molecule has 0 spiro atoms. The standard InChI is InChI=1S/C41H42F12N8O6/c1-5-16-60(34(62)28(58-36(64)66-3)30(38(42,43)44)39(45,46)47)20(2)32-54-18-25(56-32)23-12-8-21(9-13-23)22-10-14-24(15-11-22)26-19-55-33(57-26)27-7-6-17-61(27)35(63)29(59-37(65)67-4)31(40(48,49)50)41(51,52)53/h8-15,18-20,27-31H,5-7,16-17H2,1-4H3,(H,54,56)(H,55,57)(H,58,64)(H,59,65). The Bertz CT molecular complexity index is 2320. The lowest BCUT2D eigenvalue weighted by atomic mass is 9.96. The molecule has 366 valence electrons. The highest BCUT2D eigenvalue weighted by Gasteiger charge is 2.64. The van der Waals surface area contributed by atoms with E-state index in [0.717, 1.165) is 9.80 Å². The van der Waals surface area contributed by atoms with E-state index in [2.05, 4.69) is 29.4 Å². The normalized spacial score (nSPS) is 16.1. The third-order valence-electron chi connectivity index (χ3n) is 10.9. The molecular weight excluding hydrogens is 928 g/mol. The quantitative estimate of drug-likeness (QED) is 0.0906. The van der Waals surface area contributed by atoms with Gasteiger partial charge >= 0.3 is 36.9 Å². The second kappa shape index (κ2) is 20.2. The van der Waals surface area contributed by atoms with Gasteiger partial charge in [-0.15, -0.1) is 0 Å². The lowest BCUT2D eigenvalue weighted by Gasteiger charge is -2.35. The molecular formula is C41H42F12N8O6. The molecule has 0 bridgehead atoms. The van der Waals surface area contributed by atoms with Crippen molar-refractivity contribution in [1.29, 1.82) is 0 Å². The van der Waals surface area contributed by atoms with Crippen molar-refractivity contribution >= 4 is 24.0 Å². The van der Waals surface area contributed by atoms with Crippen LogP contribution in [-0.4, -0.2) is 118 Å². The summed E-state index contributed by atoms with van der Waals surface area (Å²) < 4.78 is 174. The van der Waals surface area contributed by atoms with Crippen molar-refractivity contribution < 1.29 is 81.3 Å². The Morgan fingerprint density at radius 2 is 1.13 bits per heavy atom. The fourth-order valence-corrected chi connectivity index (χ4v) is 7.66. The minimum Gasteiger partial charge on any atom is -0.453 e. The number of aromatic amines is 2. The third kappa shape index (κ3) is 11.9. The largest absolute Gasteiger partial charge is 0.453 e. The van der Waals surface area contributed by atoms with Gasteiger partial charge in [0.1, 0.15) is 23.7 Å². The number of ether oxygens (including phenoxy) is 2. The summed E-state index contributed by atoms with van der Waals surface area (Å²) in [5.41, 5.74) is 3.27. The zero-order chi connectivity index (χ0) is 49.8. The Labute approximate surface area is 372 Å². The van der Waals surface area contributed by atoms with Crippen LogP contribution in [0.15, 0.2) is 60.9 Å². The van der Waals surface area contributed by atoms with Crippen molar-refractivity contribution in [3.8, 4) is 33.6 Å². The molecule has 3 heterocycles. The van der Waals surface area contributed by atoms with E-state index in [1.54, 1.807) is 48.5 Å². The van der Waals surface area contributed by atoms with Gasteiger partial charge < -0.3 is 39.9 Å². The lowest BCUT2D eigenvalue weighted by Crippen LogP contribution is -2.60. The molecule has 1 aliphatic heterocycles. The van der Waals surface area contributed by atoms with Gasteiger partial charge in [-0.3, -0.25) is 9.59 Å². The Morgan fingerprint density at radius 3 is 1.60 bits per heavy atom. The van der Waals surface area contributed by atoms with E-state index < -0.39 is 84.7 Å². The number of nitrogens with one attached hydrogen (secondary N) is 4. The highest BCUT2D eigenvalue weighted by Crippen LogP contribution is 2.44. The Balaban J connectivity index is 1.31. The first-order valence-corrected chi connectivity index (χ1v) is 20.1. The number of hydrogen-bond donors (Lipinski definition) is 4. The van der Waals surface area contributed by atoms with Gasteiger partial charge in [0.05, 0.1) is 50.1 Å². The summed E-state index contributed by atoms with van der Waals surface area (Å²) in [6, 6.07) is 5.18. The van der Waals surface area contributed by atoms with Crippen molar-refractivity contribution in [2.45, 2.75) is 82.0 Å². The number of H-pyrrole nitrogens is 2. The van der Waals surface area contributed by atoms with Crippen LogP contribution in [-0.2, 0) is 19.1 Å². The monoisotopic (exact) mass is 970 g/mol. The van der Waals surface area contributed by atoms with E-state index in [1.165, 1.54) is 36.9 Å². The fourth-order valence-electron chi connectivity index (χ4n) is 7.66. The first kappa shape index (κ1) is 51.5. The number of rotatable bonds is 14. The smallest absolute Gasteiger partial charge is 0.407 e. The molecule has 67 heavy (non-hydrogen) atoms. The zero-order valence-corrected chi connectivity index (χ0v) is 35.5. The molecule has 1 fully saturated rings. The van der Waals surface area contributed by atoms with Crippen LogP contribution in [0.2, 0.25) is 0 Å². The summed E-state index contributed by atoms with van der Waals surface area (Å²) in [5, 5.41) is 2.83. The first-order valence-electron chi connectivity index (χ1n) is 20.1. The van der Waals surface area contributed by atoms with Crippen molar-refractivity contribution in [2.24, 2.45) is 11.8 Å². The summed E-state index contributed by atoms with van der Waals surface area (Å²) in [6.45, 7) is 2.33. The summed E-state index contributed by atoms with van der Waals surface area (Å²) in [4.78, 5) is 66.6. The molecule has 0 saturated carbocycles. The molecule has 14 nitrogen and oxygen atoms in total. The minimum absolute atomic E-state index is 0.00867. The SMILES string of the molecule is CCCN(C(=O)C(NC(=O)OC)C(C(F)(F)F)C(F)(F)F)C(C)c1ncc(-c2ccc(-c3ccc(-c4cnc(C5CCCN5C(=O)C(NC(=O)OC)C(C(F)(F)F)C(F)(F)F)[nH]4)cc3)cc2)[nH]1. The Hall–Kier alpha value is -6.50. The molecule has 2 aromatic carbocycles. The van der Waals surface area contributed by atoms with Crippen LogP contribution in [0.5, 0.6) is 0 Å². The van der Waals surface area contributed by atoms with Gasteiger partial charge in [-0.1, -0.05) is 55.5 Å². The Morgan fingerprint density at radius 1 is 0.701 bits per heavy atom. The average molecular weight is 971 g/mol. The number of amides is 4. The average Bonchev–Trinajstić information content (AvgIpc) is 4.05. The predicted octanol–water partition coefficient (Wildman–Crippen LogP) is 9.03. The van der Waals surface area contributed by atoms with Crippen molar-refractivity contribution in [1.82, 2.24) is 40.4 Å². The van der Waals surface area contributed by atoms with Crippen LogP contribution in [0.25, 0.3) is 33.6 Å². The van der Waals surface area contributed by atoms with Crippen LogP contribution < -0.4 is 10.6 Å². The van der Waals surface area contributed by atoms with E-state index in [1.807, 2.05) is 0 Å². The zero-order valence-electron chi connectivity index (χ0n) is 35.5. The molecule has 2 aromatic heterocycles. The molecule has 4 amide bonds. The van der Waals surface area contributed by atoms with Crippen LogP contribution >= 0.6 is 0 Å². The van der Waals surface area contributed by atoms with Crippen LogP contribution in [0.3, 0.4) is 0 Å². The van der Waals surface area contributed by atoms with Crippen molar-refractivity contribution in [2.75, 3.05) is 27.3 Å². The molecule has 26 heteroatoms. The number of imidazole rings is 2. The van der Waals surface area contributed by atoms with Gasteiger partial charge in [-0.05, 0) is 48.4 Å². The predicted molar refractivity (Wildman–Crippen MR) is 211 cm³/mol. The maximum absolute atomic E-state index is 13.8. The van der Waals surface area contributed by atoms with E-state index in [4.69, 9.17) is 0 Å². The number of likely N-dealkylation sites (tertiary alicyclic amines) is 1. The third-order valence-corrected chi connectivity index (χ3v) is 10.9. The van der Waals surface area contributed by atoms with Gasteiger partial charge in [0.15, 0.2) is 11.8 Å². The van der Waals surface area contributed by atoms with E-state index >= 15 is 0 Å². The first-order chi connectivity index (χ1) is 31.2. The Kier molecular flexibility index (Phi) is 15.5. The number of carbonyl (C=O) groups is 4. The van der Waals surface area contributed by atoms with Gasteiger partial charge in [-0.25, -0.2) is 19.6 Å². The summed E-state index contributed by atoms with van der Waals surface area (Å²) >= 11 is 0. The van der Waals surface area contributed by atoms with Crippen LogP contribution in [0.1, 0.15) is 56.8 Å². The maximum Gasteiger partial charge on any atom is 0.407 e. The number of nitrogens with zero attached hydrogens (tertiary/aromatic N) is 4. The summed E-state index contributed by atoms with van der Waals surface area (Å²) in [5.74, 6) is -11.7. The highest BCUT2D eigenvalue weighted by atomic mass is 19.4. The van der Waals surface area contributed by atoms with Crippen LogP contribution in [0.4, 0.5) is 62.3 Å². The molecule has 5 rings (SSSR count). The molecule has 0 aliphatic carbocycles. The topological polar surface area (TPSA) is 175 Å².